The number of methoxy groups -OCH3 is 1. The second-order valence-electron chi connectivity index (χ2n) is 7.47. The van der Waals surface area contributed by atoms with Gasteiger partial charge in [-0.15, -0.1) is 0 Å². The normalized spacial score (nSPS) is 15.5. The summed E-state index contributed by atoms with van der Waals surface area (Å²) in [7, 11) is 1.61. The van der Waals surface area contributed by atoms with Crippen LogP contribution in [0.15, 0.2) is 48.5 Å². The first-order valence-corrected chi connectivity index (χ1v) is 10.2. The highest BCUT2D eigenvalue weighted by Crippen LogP contribution is 2.30. The van der Waals surface area contributed by atoms with Gasteiger partial charge in [0.05, 0.1) is 25.1 Å². The van der Waals surface area contributed by atoms with Crippen LogP contribution in [0.4, 0.5) is 11.4 Å². The number of hydrogen-bond acceptors (Lipinski definition) is 5. The summed E-state index contributed by atoms with van der Waals surface area (Å²) < 4.78 is 11.0. The van der Waals surface area contributed by atoms with Gasteiger partial charge in [0.1, 0.15) is 11.9 Å². The smallest absolute Gasteiger partial charge is 0.253 e. The van der Waals surface area contributed by atoms with Crippen LogP contribution in [0.3, 0.4) is 0 Å². The molecular weight excluding hydrogens is 382 g/mol. The number of benzene rings is 2. The van der Waals surface area contributed by atoms with Crippen molar-refractivity contribution in [2.24, 2.45) is 11.7 Å². The topological polar surface area (TPSA) is 93.9 Å². The molecule has 0 spiro atoms. The first-order chi connectivity index (χ1) is 14.5. The molecule has 0 saturated carbocycles. The fourth-order valence-electron chi connectivity index (χ4n) is 3.55. The lowest BCUT2D eigenvalue weighted by atomic mass is 9.96. The lowest BCUT2D eigenvalue weighted by molar-refractivity contribution is -0.127. The predicted octanol–water partition coefficient (Wildman–Crippen LogP) is 2.94. The first kappa shape index (κ1) is 21.6. The molecule has 2 aromatic rings. The first-order valence-electron chi connectivity index (χ1n) is 10.2. The largest absolute Gasteiger partial charge is 0.497 e. The van der Waals surface area contributed by atoms with Crippen molar-refractivity contribution in [2.75, 3.05) is 30.4 Å². The minimum absolute atomic E-state index is 0.0759. The Morgan fingerprint density at radius 1 is 1.17 bits per heavy atom. The van der Waals surface area contributed by atoms with Crippen molar-refractivity contribution in [3.8, 4) is 5.75 Å². The standard InChI is InChI=1S/C23H29N3O4/c1-16(30-15-17-6-5-7-19(14-17)29-2)23(28)25-20-8-3-4-9-21(20)26-12-10-18(11-13-26)22(24)27/h3-9,14,16,18H,10-13,15H2,1-2H3,(H2,24,27)(H,25,28). The van der Waals surface area contributed by atoms with E-state index in [-0.39, 0.29) is 17.7 Å². The fraction of sp³-hybridized carbons (Fsp3) is 0.391. The Morgan fingerprint density at radius 2 is 1.90 bits per heavy atom. The van der Waals surface area contributed by atoms with E-state index in [1.54, 1.807) is 14.0 Å². The number of anilines is 2. The second kappa shape index (κ2) is 10.1. The van der Waals surface area contributed by atoms with Crippen LogP contribution in [0.2, 0.25) is 0 Å². The molecule has 1 heterocycles. The lowest BCUT2D eigenvalue weighted by Gasteiger charge is -2.33. The van der Waals surface area contributed by atoms with E-state index in [9.17, 15) is 9.59 Å². The number of piperidine rings is 1. The van der Waals surface area contributed by atoms with E-state index in [0.29, 0.717) is 6.61 Å². The van der Waals surface area contributed by atoms with Gasteiger partial charge in [-0.25, -0.2) is 0 Å². The summed E-state index contributed by atoms with van der Waals surface area (Å²) >= 11 is 0. The van der Waals surface area contributed by atoms with Crippen LogP contribution >= 0.6 is 0 Å². The highest BCUT2D eigenvalue weighted by Gasteiger charge is 2.25. The Kier molecular flexibility index (Phi) is 7.30. The quantitative estimate of drug-likeness (QED) is 0.697. The molecule has 2 aromatic carbocycles. The molecule has 0 radical (unpaired) electrons. The number of primary amides is 1. The second-order valence-corrected chi connectivity index (χ2v) is 7.47. The number of nitrogens with two attached hydrogens (primary N) is 1. The van der Waals surface area contributed by atoms with Crippen molar-refractivity contribution in [1.82, 2.24) is 0 Å². The van der Waals surface area contributed by atoms with Crippen molar-refractivity contribution < 1.29 is 19.1 Å². The highest BCUT2D eigenvalue weighted by atomic mass is 16.5. The molecule has 2 amide bonds. The van der Waals surface area contributed by atoms with Gasteiger partial charge in [-0.1, -0.05) is 24.3 Å². The Balaban J connectivity index is 1.59. The zero-order valence-electron chi connectivity index (χ0n) is 17.5. The molecule has 7 nitrogen and oxygen atoms in total. The van der Waals surface area contributed by atoms with E-state index < -0.39 is 6.10 Å². The molecule has 0 aliphatic carbocycles. The number of ether oxygens (including phenoxy) is 2. The maximum atomic E-state index is 12.7. The minimum Gasteiger partial charge on any atom is -0.497 e. The number of carbonyl (C=O) groups excluding carboxylic acids is 2. The number of carbonyl (C=O) groups is 2. The summed E-state index contributed by atoms with van der Waals surface area (Å²) in [4.78, 5) is 26.3. The number of nitrogens with zero attached hydrogens (tertiary/aromatic N) is 1. The van der Waals surface area contributed by atoms with E-state index >= 15 is 0 Å². The van der Waals surface area contributed by atoms with Gasteiger partial charge >= 0.3 is 0 Å². The van der Waals surface area contributed by atoms with E-state index in [4.69, 9.17) is 15.2 Å². The van der Waals surface area contributed by atoms with Gasteiger partial charge in [0.25, 0.3) is 5.91 Å². The molecule has 7 heteroatoms. The van der Waals surface area contributed by atoms with E-state index in [1.165, 1.54) is 0 Å². The molecule has 30 heavy (non-hydrogen) atoms. The molecule has 1 atom stereocenters. The summed E-state index contributed by atoms with van der Waals surface area (Å²) in [6.45, 7) is 3.50. The zero-order valence-corrected chi connectivity index (χ0v) is 17.5. The molecular formula is C23H29N3O4. The van der Waals surface area contributed by atoms with Gasteiger partial charge < -0.3 is 25.4 Å². The van der Waals surface area contributed by atoms with Gasteiger partial charge in [0, 0.05) is 19.0 Å². The van der Waals surface area contributed by atoms with Gasteiger partial charge in [0.15, 0.2) is 0 Å². The van der Waals surface area contributed by atoms with Crippen LogP contribution in [0.5, 0.6) is 5.75 Å². The van der Waals surface area contributed by atoms with Gasteiger partial charge in [-0.3, -0.25) is 9.59 Å². The van der Waals surface area contributed by atoms with Crippen LogP contribution in [-0.4, -0.2) is 38.1 Å². The molecule has 1 aliphatic heterocycles. The predicted molar refractivity (Wildman–Crippen MR) is 116 cm³/mol. The maximum absolute atomic E-state index is 12.7. The number of amides is 2. The Labute approximate surface area is 177 Å². The van der Waals surface area contributed by atoms with Crippen LogP contribution in [0, 0.1) is 5.92 Å². The number of rotatable bonds is 8. The third-order valence-corrected chi connectivity index (χ3v) is 5.40. The van der Waals surface area contributed by atoms with Crippen molar-refractivity contribution in [2.45, 2.75) is 32.5 Å². The third-order valence-electron chi connectivity index (χ3n) is 5.40. The lowest BCUT2D eigenvalue weighted by Crippen LogP contribution is -2.39. The molecule has 1 fully saturated rings. The molecule has 3 N–H and O–H groups in total. The number of para-hydroxylation sites is 2. The van der Waals surface area contributed by atoms with E-state index in [0.717, 1.165) is 48.6 Å². The Bertz CT molecular complexity index is 878. The fourth-order valence-corrected chi connectivity index (χ4v) is 3.55. The average Bonchev–Trinajstić information content (AvgIpc) is 2.78. The maximum Gasteiger partial charge on any atom is 0.253 e. The van der Waals surface area contributed by atoms with Crippen LogP contribution in [0.25, 0.3) is 0 Å². The molecule has 1 aliphatic rings. The number of hydrogen-bond donors (Lipinski definition) is 2. The molecule has 0 bridgehead atoms. The third kappa shape index (κ3) is 5.51. The van der Waals surface area contributed by atoms with Crippen molar-refractivity contribution in [3.05, 3.63) is 54.1 Å². The summed E-state index contributed by atoms with van der Waals surface area (Å²) in [6, 6.07) is 15.2. The van der Waals surface area contributed by atoms with Crippen molar-refractivity contribution in [1.29, 1.82) is 0 Å². The molecule has 3 rings (SSSR count). The molecule has 1 unspecified atom stereocenters. The summed E-state index contributed by atoms with van der Waals surface area (Å²) in [5, 5.41) is 2.98. The highest BCUT2D eigenvalue weighted by molar-refractivity contribution is 5.97. The number of nitrogens with one attached hydrogen (secondary N) is 1. The van der Waals surface area contributed by atoms with Crippen LogP contribution in [0.1, 0.15) is 25.3 Å². The van der Waals surface area contributed by atoms with Crippen LogP contribution < -0.4 is 20.7 Å². The molecule has 160 valence electrons. The summed E-state index contributed by atoms with van der Waals surface area (Å²) in [5.74, 6) is 0.228. The van der Waals surface area contributed by atoms with Gasteiger partial charge in [-0.2, -0.15) is 0 Å². The molecule has 1 saturated heterocycles. The van der Waals surface area contributed by atoms with Crippen molar-refractivity contribution >= 4 is 23.2 Å². The van der Waals surface area contributed by atoms with Crippen molar-refractivity contribution in [3.63, 3.8) is 0 Å². The van der Waals surface area contributed by atoms with E-state index in [1.807, 2.05) is 48.5 Å². The average molecular weight is 412 g/mol. The Morgan fingerprint density at radius 3 is 2.60 bits per heavy atom. The monoisotopic (exact) mass is 411 g/mol. The summed E-state index contributed by atoms with van der Waals surface area (Å²) in [6.07, 6.45) is 0.819. The Hall–Kier alpha value is -3.06. The van der Waals surface area contributed by atoms with E-state index in [2.05, 4.69) is 10.2 Å². The molecule has 0 aromatic heterocycles. The zero-order chi connectivity index (χ0) is 21.5. The van der Waals surface area contributed by atoms with Gasteiger partial charge in [-0.05, 0) is 49.6 Å². The minimum atomic E-state index is -0.621. The van der Waals surface area contributed by atoms with Crippen LogP contribution in [-0.2, 0) is 20.9 Å². The van der Waals surface area contributed by atoms with Gasteiger partial charge in [0.2, 0.25) is 5.91 Å². The SMILES string of the molecule is COc1cccc(COC(C)C(=O)Nc2ccccc2N2CCC(C(N)=O)CC2)c1. The summed E-state index contributed by atoms with van der Waals surface area (Å²) in [5.41, 5.74) is 8.04.